The summed E-state index contributed by atoms with van der Waals surface area (Å²) in [7, 11) is 0. The number of nitrogens with zero attached hydrogens (tertiary/aromatic N) is 1. The van der Waals surface area contributed by atoms with Gasteiger partial charge in [-0.1, -0.05) is 145 Å². The van der Waals surface area contributed by atoms with Crippen molar-refractivity contribution in [1.82, 2.24) is 0 Å². The fourth-order valence-corrected chi connectivity index (χ4v) is 9.71. The zero-order valence-corrected chi connectivity index (χ0v) is 33.0. The van der Waals surface area contributed by atoms with E-state index >= 15 is 0 Å². The molecule has 3 atom stereocenters. The first-order valence-electron chi connectivity index (χ1n) is 21.6. The highest BCUT2D eigenvalue weighted by atomic mass is 16.7. The van der Waals surface area contributed by atoms with E-state index in [0.29, 0.717) is 29.6 Å². The minimum Gasteiger partial charge on any atom is -0.554 e. The Morgan fingerprint density at radius 2 is 1.20 bits per heavy atom. The lowest BCUT2D eigenvalue weighted by Gasteiger charge is -2.47. The second-order valence-electron chi connectivity index (χ2n) is 16.5. The summed E-state index contributed by atoms with van der Waals surface area (Å²) in [6.45, 7) is 4.34. The SMILES string of the molecule is CCCCCCCCCCCCCCCC(=O)OC(OC(C(=O)OC1CC2CCC(C1)[N+]21CCCC1)(c1ccccc1)c1ccccc1)C1CC1.O=C[O-]. The van der Waals surface area contributed by atoms with Gasteiger partial charge < -0.3 is 28.6 Å². The second kappa shape index (κ2) is 21.8. The first-order valence-corrected chi connectivity index (χ1v) is 21.6. The average molecular weight is 746 g/mol. The number of unbranched alkanes of at least 4 members (excludes halogenated alkanes) is 12. The fraction of sp³-hybridized carbons (Fsp3) is 0.674. The second-order valence-corrected chi connectivity index (χ2v) is 16.5. The van der Waals surface area contributed by atoms with E-state index in [9.17, 15) is 9.59 Å². The monoisotopic (exact) mass is 745 g/mol. The van der Waals surface area contributed by atoms with Gasteiger partial charge in [-0.15, -0.1) is 0 Å². The van der Waals surface area contributed by atoms with E-state index in [-0.39, 0.29) is 18.0 Å². The third-order valence-electron chi connectivity index (χ3n) is 12.7. The van der Waals surface area contributed by atoms with E-state index in [2.05, 4.69) is 6.92 Å². The topological polar surface area (TPSA) is 102 Å². The number of carboxylic acid groups (broad SMARTS) is 1. The lowest BCUT2D eigenvalue weighted by Crippen LogP contribution is -2.60. The van der Waals surface area contributed by atoms with E-state index in [4.69, 9.17) is 24.1 Å². The van der Waals surface area contributed by atoms with E-state index < -0.39 is 24.3 Å². The summed E-state index contributed by atoms with van der Waals surface area (Å²) < 4.78 is 21.0. The van der Waals surface area contributed by atoms with Crippen LogP contribution < -0.4 is 5.11 Å². The van der Waals surface area contributed by atoms with Crippen LogP contribution in [0.15, 0.2) is 60.7 Å². The summed E-state index contributed by atoms with van der Waals surface area (Å²) in [6, 6.07) is 20.6. The number of hydrogen-bond donors (Lipinski definition) is 0. The number of hydrogen-bond acceptors (Lipinski definition) is 7. The quantitative estimate of drug-likeness (QED) is 0.0390. The number of carbonyl (C=O) groups excluding carboxylic acids is 3. The Hall–Kier alpha value is -3.23. The van der Waals surface area contributed by atoms with Crippen molar-refractivity contribution in [1.29, 1.82) is 0 Å². The Balaban J connectivity index is 0.00000181. The van der Waals surface area contributed by atoms with Gasteiger partial charge in [0.2, 0.25) is 11.9 Å². The van der Waals surface area contributed by atoms with Crippen molar-refractivity contribution in [2.24, 2.45) is 5.92 Å². The van der Waals surface area contributed by atoms with Crippen molar-refractivity contribution >= 4 is 18.4 Å². The molecule has 3 aliphatic heterocycles. The molecule has 0 radical (unpaired) electrons. The molecule has 6 rings (SSSR count). The lowest BCUT2D eigenvalue weighted by molar-refractivity contribution is -0.956. The van der Waals surface area contributed by atoms with Gasteiger partial charge >= 0.3 is 11.9 Å². The minimum atomic E-state index is -1.54. The van der Waals surface area contributed by atoms with Gasteiger partial charge in [-0.05, 0) is 30.4 Å². The van der Waals surface area contributed by atoms with Gasteiger partial charge in [0.15, 0.2) is 0 Å². The van der Waals surface area contributed by atoms with Crippen molar-refractivity contribution < 1.29 is 38.2 Å². The fourth-order valence-electron chi connectivity index (χ4n) is 9.71. The summed E-state index contributed by atoms with van der Waals surface area (Å²) >= 11 is 0. The third kappa shape index (κ3) is 11.2. The van der Waals surface area contributed by atoms with Crippen molar-refractivity contribution in [2.45, 2.75) is 178 Å². The van der Waals surface area contributed by atoms with E-state index in [1.807, 2.05) is 60.7 Å². The van der Waals surface area contributed by atoms with Crippen LogP contribution in [-0.4, -0.2) is 60.5 Å². The maximum Gasteiger partial charge on any atom is 0.348 e. The zero-order chi connectivity index (χ0) is 38.1. The molecule has 1 spiro atoms. The van der Waals surface area contributed by atoms with Gasteiger partial charge in [0.05, 0.1) is 25.2 Å². The molecule has 1 aliphatic carbocycles. The van der Waals surface area contributed by atoms with Crippen LogP contribution in [0.4, 0.5) is 0 Å². The first kappa shape index (κ1) is 41.9. The molecule has 3 saturated heterocycles. The number of piperidine rings is 1. The van der Waals surface area contributed by atoms with Crippen molar-refractivity contribution in [3.63, 3.8) is 0 Å². The van der Waals surface area contributed by atoms with Gasteiger partial charge in [-0.3, -0.25) is 4.79 Å². The predicted molar refractivity (Wildman–Crippen MR) is 209 cm³/mol. The average Bonchev–Trinajstić information content (AvgIpc) is 3.90. The van der Waals surface area contributed by atoms with Crippen LogP contribution in [0.1, 0.15) is 159 Å². The Morgan fingerprint density at radius 1 is 0.741 bits per heavy atom. The molecular formula is C46H67NO7. The van der Waals surface area contributed by atoms with Crippen LogP contribution >= 0.6 is 0 Å². The van der Waals surface area contributed by atoms with Gasteiger partial charge in [-0.2, -0.15) is 0 Å². The van der Waals surface area contributed by atoms with Crippen molar-refractivity contribution in [3.8, 4) is 0 Å². The highest BCUT2D eigenvalue weighted by molar-refractivity contribution is 5.86. The summed E-state index contributed by atoms with van der Waals surface area (Å²) in [5.41, 5.74) is -0.121. The summed E-state index contributed by atoms with van der Waals surface area (Å²) in [4.78, 5) is 36.4. The van der Waals surface area contributed by atoms with Crippen LogP contribution in [0.25, 0.3) is 0 Å². The van der Waals surface area contributed by atoms with Crippen molar-refractivity contribution in [2.75, 3.05) is 13.1 Å². The van der Waals surface area contributed by atoms with Crippen LogP contribution in [-0.2, 0) is 34.2 Å². The molecule has 2 aromatic rings. The molecule has 1 saturated carbocycles. The number of benzene rings is 2. The molecule has 54 heavy (non-hydrogen) atoms. The molecule has 3 heterocycles. The number of esters is 2. The smallest absolute Gasteiger partial charge is 0.348 e. The molecule has 0 amide bonds. The van der Waals surface area contributed by atoms with E-state index in [0.717, 1.165) is 44.9 Å². The largest absolute Gasteiger partial charge is 0.554 e. The minimum absolute atomic E-state index is 0.0743. The maximum atomic E-state index is 14.9. The number of quaternary nitrogens is 1. The molecule has 4 fully saturated rings. The standard InChI is InChI=1S/C45H66NO5.CH2O2/c1-2-3-4-5-6-7-8-9-10-11-12-13-20-27-42(47)50-43(36-28-29-36)51-45(37-23-16-14-17-24-37,38-25-18-15-19-26-38)44(48)49-41-34-39-30-31-40(35-41)46(39)32-21-22-33-46;2-1-3/h14-19,23-26,36,39-41,43H,2-13,20-22,27-35H2,1H3;1H,(H,2,3)/q+1;/p-1. The van der Waals surface area contributed by atoms with E-state index in [1.54, 1.807) is 0 Å². The molecule has 0 N–H and O–H groups in total. The highest BCUT2D eigenvalue weighted by Crippen LogP contribution is 2.48. The third-order valence-corrected chi connectivity index (χ3v) is 12.7. The summed E-state index contributed by atoms with van der Waals surface area (Å²) in [5.74, 6) is -0.551. The van der Waals surface area contributed by atoms with Gasteiger partial charge in [0.25, 0.3) is 0 Å². The normalized spacial score (nSPS) is 21.9. The molecule has 0 aromatic heterocycles. The molecule has 8 heteroatoms. The molecule has 2 aromatic carbocycles. The molecule has 298 valence electrons. The molecule has 3 unspecified atom stereocenters. The van der Waals surface area contributed by atoms with Crippen LogP contribution in [0.3, 0.4) is 0 Å². The molecule has 2 bridgehead atoms. The van der Waals surface area contributed by atoms with E-state index in [1.165, 1.54) is 107 Å². The number of ether oxygens (including phenoxy) is 3. The Labute approximate surface area is 324 Å². The first-order chi connectivity index (χ1) is 26.5. The Bertz CT molecular complexity index is 1330. The van der Waals surface area contributed by atoms with Crippen molar-refractivity contribution in [3.05, 3.63) is 71.8 Å². The summed E-state index contributed by atoms with van der Waals surface area (Å²) in [5, 5.41) is 8.25. The van der Waals surface area contributed by atoms with Gasteiger partial charge in [0, 0.05) is 57.3 Å². The van der Waals surface area contributed by atoms with Crippen LogP contribution in [0, 0.1) is 5.92 Å². The Morgan fingerprint density at radius 3 is 1.67 bits per heavy atom. The van der Waals surface area contributed by atoms with Gasteiger partial charge in [-0.25, -0.2) is 4.79 Å². The zero-order valence-electron chi connectivity index (χ0n) is 33.0. The predicted octanol–water partition coefficient (Wildman–Crippen LogP) is 8.92. The number of rotatable bonds is 22. The summed E-state index contributed by atoms with van der Waals surface area (Å²) in [6.07, 6.45) is 24.6. The molecular weight excluding hydrogens is 679 g/mol. The molecule has 4 aliphatic rings. The van der Waals surface area contributed by atoms with Crippen LogP contribution in [0.5, 0.6) is 0 Å². The Kier molecular flexibility index (Phi) is 16.9. The van der Waals surface area contributed by atoms with Gasteiger partial charge in [0.1, 0.15) is 6.10 Å². The lowest BCUT2D eigenvalue weighted by atomic mass is 9.85. The maximum absolute atomic E-state index is 14.9. The van der Waals surface area contributed by atoms with Crippen LogP contribution in [0.2, 0.25) is 0 Å². The molecule has 8 nitrogen and oxygen atoms in total. The highest BCUT2D eigenvalue weighted by Gasteiger charge is 2.57. The number of carbonyl (C=O) groups is 3.